The van der Waals surface area contributed by atoms with Crippen LogP contribution >= 0.6 is 24.0 Å². The molecule has 3 heterocycles. The van der Waals surface area contributed by atoms with Gasteiger partial charge in [0.15, 0.2) is 5.96 Å². The number of aromatic nitrogens is 1. The molecule has 0 aliphatic carbocycles. The second-order valence-electron chi connectivity index (χ2n) is 7.11. The van der Waals surface area contributed by atoms with Gasteiger partial charge in [-0.05, 0) is 35.9 Å². The van der Waals surface area contributed by atoms with E-state index in [0.717, 1.165) is 35.5 Å². The molecule has 8 heteroatoms. The molecule has 1 aromatic carbocycles. The number of ether oxygens (including phenoxy) is 1. The van der Waals surface area contributed by atoms with Gasteiger partial charge < -0.3 is 24.9 Å². The zero-order chi connectivity index (χ0) is 20.6. The molecule has 1 aliphatic rings. The highest BCUT2D eigenvalue weighted by atomic mass is 127. The highest BCUT2D eigenvalue weighted by molar-refractivity contribution is 14.0. The summed E-state index contributed by atoms with van der Waals surface area (Å²) < 4.78 is 11.2. The van der Waals surface area contributed by atoms with Crippen molar-refractivity contribution in [2.45, 2.75) is 25.0 Å². The Kier molecular flexibility index (Phi) is 8.72. The zero-order valence-corrected chi connectivity index (χ0v) is 19.4. The van der Waals surface area contributed by atoms with Crippen molar-refractivity contribution in [1.82, 2.24) is 15.6 Å². The smallest absolute Gasteiger partial charge is 0.191 e. The van der Waals surface area contributed by atoms with Gasteiger partial charge in [0.1, 0.15) is 11.5 Å². The normalized spacial score (nSPS) is 16.4. The molecule has 0 radical (unpaired) electrons. The minimum absolute atomic E-state index is 0. The van der Waals surface area contributed by atoms with Crippen molar-refractivity contribution in [3.8, 4) is 5.75 Å². The Morgan fingerprint density at radius 2 is 2.00 bits per heavy atom. The second-order valence-corrected chi connectivity index (χ2v) is 7.11. The van der Waals surface area contributed by atoms with Gasteiger partial charge in [-0.25, -0.2) is 0 Å². The minimum Gasteiger partial charge on any atom is -0.493 e. The van der Waals surface area contributed by atoms with Crippen LogP contribution in [0, 0.1) is 0 Å². The highest BCUT2D eigenvalue weighted by Gasteiger charge is 2.22. The van der Waals surface area contributed by atoms with Crippen molar-refractivity contribution in [3.05, 3.63) is 84.1 Å². The number of guanidine groups is 1. The minimum atomic E-state index is -0.696. The van der Waals surface area contributed by atoms with Crippen LogP contribution in [0.4, 0.5) is 0 Å². The molecule has 0 fully saturated rings. The van der Waals surface area contributed by atoms with Crippen molar-refractivity contribution in [2.24, 2.45) is 4.99 Å². The summed E-state index contributed by atoms with van der Waals surface area (Å²) in [4.78, 5) is 8.63. The molecule has 0 bridgehead atoms. The van der Waals surface area contributed by atoms with Crippen LogP contribution in [-0.4, -0.2) is 35.7 Å². The van der Waals surface area contributed by atoms with Crippen LogP contribution in [0.25, 0.3) is 0 Å². The van der Waals surface area contributed by atoms with Gasteiger partial charge in [0.2, 0.25) is 0 Å². The first-order valence-corrected chi connectivity index (χ1v) is 10.2. The lowest BCUT2D eigenvalue weighted by Crippen LogP contribution is -2.42. The van der Waals surface area contributed by atoms with Crippen LogP contribution in [0.3, 0.4) is 0 Å². The molecule has 0 amide bonds. The van der Waals surface area contributed by atoms with Crippen LogP contribution in [0.1, 0.15) is 35.5 Å². The maximum Gasteiger partial charge on any atom is 0.191 e. The van der Waals surface area contributed by atoms with Crippen LogP contribution in [0.15, 0.2) is 76.6 Å². The van der Waals surface area contributed by atoms with Crippen molar-refractivity contribution in [1.29, 1.82) is 0 Å². The third kappa shape index (κ3) is 6.44. The summed E-state index contributed by atoms with van der Waals surface area (Å²) >= 11 is 0. The molecule has 2 unspecified atom stereocenters. The number of hydrogen-bond acceptors (Lipinski definition) is 5. The summed E-state index contributed by atoms with van der Waals surface area (Å²) in [6, 6.07) is 15.6. The lowest BCUT2D eigenvalue weighted by atomic mass is 10.0. The number of hydrogen-bond donors (Lipinski definition) is 3. The van der Waals surface area contributed by atoms with Gasteiger partial charge >= 0.3 is 0 Å². The Hall–Kier alpha value is -2.59. The summed E-state index contributed by atoms with van der Waals surface area (Å²) in [6.45, 7) is 1.55. The molecular formula is C23H27IN4O3. The largest absolute Gasteiger partial charge is 0.493 e. The van der Waals surface area contributed by atoms with Crippen LogP contribution < -0.4 is 15.4 Å². The first-order valence-electron chi connectivity index (χ1n) is 10.2. The van der Waals surface area contributed by atoms with Gasteiger partial charge in [-0.3, -0.25) is 9.98 Å². The molecule has 0 saturated carbocycles. The predicted octanol–water partition coefficient (Wildman–Crippen LogP) is 3.63. The number of aliphatic hydroxyl groups is 1. The summed E-state index contributed by atoms with van der Waals surface area (Å²) in [5.74, 6) is 2.46. The molecule has 2 atom stereocenters. The van der Waals surface area contributed by atoms with Crippen molar-refractivity contribution >= 4 is 29.9 Å². The maximum atomic E-state index is 10.5. The quantitative estimate of drug-likeness (QED) is 0.244. The van der Waals surface area contributed by atoms with E-state index in [0.29, 0.717) is 19.1 Å². The van der Waals surface area contributed by atoms with Gasteiger partial charge in [-0.15, -0.1) is 24.0 Å². The second kappa shape index (κ2) is 11.7. The molecule has 4 rings (SSSR count). The molecular weight excluding hydrogens is 507 g/mol. The average Bonchev–Trinajstić information content (AvgIpc) is 3.31. The number of furan rings is 1. The standard InChI is InChI=1S/C23H26N4O3.HI/c28-21(17-7-11-24-12-8-17)16-26-23(25-13-9-18-4-3-14-29-18)27-20-10-15-30-22-6-2-1-5-19(20)22;/h1-8,11-12,14,20-21,28H,9-10,13,15-16H2,(H2,25,26,27);1H. The first kappa shape index (κ1) is 23.1. The van der Waals surface area contributed by atoms with Gasteiger partial charge in [0.05, 0.1) is 31.6 Å². The molecule has 1 aliphatic heterocycles. The Balaban J connectivity index is 0.00000272. The van der Waals surface area contributed by atoms with E-state index >= 15 is 0 Å². The summed E-state index contributed by atoms with van der Waals surface area (Å²) in [7, 11) is 0. The number of nitrogens with zero attached hydrogens (tertiary/aromatic N) is 2. The number of aliphatic hydroxyl groups excluding tert-OH is 1. The van der Waals surface area contributed by atoms with Gasteiger partial charge in [-0.2, -0.15) is 0 Å². The van der Waals surface area contributed by atoms with Gasteiger partial charge in [0.25, 0.3) is 0 Å². The topological polar surface area (TPSA) is 91.9 Å². The number of fused-ring (bicyclic) bond motifs is 1. The van der Waals surface area contributed by atoms with Crippen LogP contribution in [0.5, 0.6) is 5.75 Å². The molecule has 164 valence electrons. The van der Waals surface area contributed by atoms with Crippen molar-refractivity contribution < 1.29 is 14.3 Å². The summed E-state index contributed by atoms with van der Waals surface area (Å²) in [5, 5.41) is 17.3. The number of aliphatic imine (C=N–C) groups is 1. The third-order valence-electron chi connectivity index (χ3n) is 5.03. The number of pyridine rings is 1. The summed E-state index contributed by atoms with van der Waals surface area (Å²) in [5.41, 5.74) is 1.90. The molecule has 2 aromatic heterocycles. The lowest BCUT2D eigenvalue weighted by Gasteiger charge is -2.28. The molecule has 3 aromatic rings. The van der Waals surface area contributed by atoms with Crippen LogP contribution in [0.2, 0.25) is 0 Å². The number of halogens is 1. The molecule has 31 heavy (non-hydrogen) atoms. The zero-order valence-electron chi connectivity index (χ0n) is 17.1. The third-order valence-corrected chi connectivity index (χ3v) is 5.03. The van der Waals surface area contributed by atoms with Crippen LogP contribution in [-0.2, 0) is 6.42 Å². The Morgan fingerprint density at radius 3 is 2.81 bits per heavy atom. The van der Waals surface area contributed by atoms with Gasteiger partial charge in [0, 0.05) is 37.3 Å². The first-order chi connectivity index (χ1) is 14.8. The summed E-state index contributed by atoms with van der Waals surface area (Å²) in [6.07, 6.45) is 5.89. The molecule has 0 saturated heterocycles. The maximum absolute atomic E-state index is 10.5. The Bertz CT molecular complexity index is 950. The van der Waals surface area contributed by atoms with E-state index in [1.807, 2.05) is 30.3 Å². The van der Waals surface area contributed by atoms with E-state index < -0.39 is 6.10 Å². The van der Waals surface area contributed by atoms with E-state index in [4.69, 9.17) is 9.15 Å². The van der Waals surface area contributed by atoms with Gasteiger partial charge in [-0.1, -0.05) is 18.2 Å². The van der Waals surface area contributed by atoms with E-state index in [9.17, 15) is 5.11 Å². The highest BCUT2D eigenvalue weighted by Crippen LogP contribution is 2.31. The number of nitrogens with one attached hydrogen (secondary N) is 2. The number of para-hydroxylation sites is 1. The monoisotopic (exact) mass is 534 g/mol. The molecule has 0 spiro atoms. The fourth-order valence-corrected chi connectivity index (χ4v) is 3.44. The molecule has 3 N–H and O–H groups in total. The number of benzene rings is 1. The predicted molar refractivity (Wildman–Crippen MR) is 130 cm³/mol. The van der Waals surface area contributed by atoms with E-state index in [1.54, 1.807) is 30.8 Å². The Labute approximate surface area is 199 Å². The van der Waals surface area contributed by atoms with Crippen molar-refractivity contribution in [3.63, 3.8) is 0 Å². The number of rotatable bonds is 7. The average molecular weight is 534 g/mol. The van der Waals surface area contributed by atoms with E-state index in [1.165, 1.54) is 0 Å². The fraction of sp³-hybridized carbons (Fsp3) is 0.304. The molecule has 7 nitrogen and oxygen atoms in total. The SMILES string of the molecule is I.OC(CN=C(NCCc1ccco1)NC1CCOc2ccccc21)c1ccncc1. The lowest BCUT2D eigenvalue weighted by molar-refractivity contribution is 0.187. The van der Waals surface area contributed by atoms with E-state index in [-0.39, 0.29) is 36.6 Å². The fourth-order valence-electron chi connectivity index (χ4n) is 3.44. The van der Waals surface area contributed by atoms with Crippen molar-refractivity contribution in [2.75, 3.05) is 19.7 Å². The Morgan fingerprint density at radius 1 is 1.16 bits per heavy atom. The van der Waals surface area contributed by atoms with E-state index in [2.05, 4.69) is 26.7 Å².